The smallest absolute Gasteiger partial charge is 0.283 e. The Morgan fingerprint density at radius 1 is 1.40 bits per heavy atom. The Bertz CT molecular complexity index is 451. The van der Waals surface area contributed by atoms with Gasteiger partial charge < -0.3 is 14.8 Å². The van der Waals surface area contributed by atoms with Gasteiger partial charge in [-0.05, 0) is 22.4 Å². The van der Waals surface area contributed by atoms with E-state index in [1.807, 2.05) is 0 Å². The number of hydrogen-bond acceptors (Lipinski definition) is 5. The van der Waals surface area contributed by atoms with Crippen LogP contribution in [0.2, 0.25) is 0 Å². The van der Waals surface area contributed by atoms with Crippen LogP contribution < -0.4 is 10.9 Å². The second-order valence-electron chi connectivity index (χ2n) is 4.29. The van der Waals surface area contributed by atoms with E-state index in [9.17, 15) is 4.79 Å². The molecule has 1 rings (SSSR count). The van der Waals surface area contributed by atoms with Gasteiger partial charge in [0.2, 0.25) is 0 Å². The van der Waals surface area contributed by atoms with Crippen LogP contribution in [-0.2, 0) is 16.0 Å². The topological polar surface area (TPSA) is 65.4 Å². The molecular weight excluding hydrogens is 326 g/mol. The molecule has 0 fully saturated rings. The summed E-state index contributed by atoms with van der Waals surface area (Å²) in [6, 6.07) is 0. The second-order valence-corrected chi connectivity index (χ2v) is 5.08. The van der Waals surface area contributed by atoms with Crippen LogP contribution in [0.15, 0.2) is 15.5 Å². The third-order valence-electron chi connectivity index (χ3n) is 2.70. The van der Waals surface area contributed by atoms with Crippen molar-refractivity contribution >= 4 is 21.6 Å². The van der Waals surface area contributed by atoms with Gasteiger partial charge in [-0.3, -0.25) is 4.79 Å². The Balaban J connectivity index is 2.47. The number of halogens is 1. The van der Waals surface area contributed by atoms with Gasteiger partial charge in [-0.1, -0.05) is 13.3 Å². The van der Waals surface area contributed by atoms with Crippen LogP contribution in [0.1, 0.15) is 19.8 Å². The van der Waals surface area contributed by atoms with E-state index in [0.717, 1.165) is 19.4 Å². The van der Waals surface area contributed by atoms with Gasteiger partial charge in [-0.25, -0.2) is 4.68 Å². The molecule has 1 heterocycles. The number of ether oxygens (including phenoxy) is 2. The summed E-state index contributed by atoms with van der Waals surface area (Å²) < 4.78 is 12.2. The Morgan fingerprint density at radius 2 is 2.20 bits per heavy atom. The SMILES string of the molecule is CCCCOCCNc1cnn(CCOC)c(=O)c1Br. The van der Waals surface area contributed by atoms with E-state index in [4.69, 9.17) is 9.47 Å². The zero-order chi connectivity index (χ0) is 14.8. The molecule has 0 atom stereocenters. The lowest BCUT2D eigenvalue weighted by atomic mass is 10.4. The van der Waals surface area contributed by atoms with Gasteiger partial charge in [0.1, 0.15) is 4.47 Å². The van der Waals surface area contributed by atoms with Crippen molar-refractivity contribution in [3.05, 3.63) is 21.0 Å². The van der Waals surface area contributed by atoms with Crippen molar-refractivity contribution in [2.45, 2.75) is 26.3 Å². The standard InChI is InChI=1S/C13H22BrN3O3/c1-3-4-7-20-8-5-15-11-10-16-17(6-9-19-2)13(18)12(11)14/h10,15H,3-9H2,1-2H3. The van der Waals surface area contributed by atoms with Gasteiger partial charge in [0.05, 0.1) is 31.6 Å². The summed E-state index contributed by atoms with van der Waals surface area (Å²) in [7, 11) is 1.59. The molecule has 0 aliphatic rings. The largest absolute Gasteiger partial charge is 0.383 e. The molecule has 0 aliphatic heterocycles. The summed E-state index contributed by atoms with van der Waals surface area (Å²) >= 11 is 3.30. The van der Waals surface area contributed by atoms with Crippen LogP contribution in [-0.4, -0.2) is 43.3 Å². The average Bonchev–Trinajstić information content (AvgIpc) is 2.46. The first-order chi connectivity index (χ1) is 9.70. The minimum atomic E-state index is -0.168. The van der Waals surface area contributed by atoms with Gasteiger partial charge in [-0.2, -0.15) is 5.10 Å². The maximum atomic E-state index is 12.0. The van der Waals surface area contributed by atoms with Crippen molar-refractivity contribution in [3.8, 4) is 0 Å². The first-order valence-corrected chi connectivity index (χ1v) is 7.56. The summed E-state index contributed by atoms with van der Waals surface area (Å²) in [4.78, 5) is 12.0. The van der Waals surface area contributed by atoms with Crippen LogP contribution in [0.3, 0.4) is 0 Å². The third kappa shape index (κ3) is 5.60. The van der Waals surface area contributed by atoms with Gasteiger partial charge in [0.15, 0.2) is 0 Å². The highest BCUT2D eigenvalue weighted by Crippen LogP contribution is 2.15. The molecule has 0 amide bonds. The van der Waals surface area contributed by atoms with Crippen molar-refractivity contribution < 1.29 is 9.47 Å². The zero-order valence-corrected chi connectivity index (χ0v) is 13.6. The second kappa shape index (κ2) is 9.90. The number of anilines is 1. The summed E-state index contributed by atoms with van der Waals surface area (Å²) in [6.45, 7) is 5.05. The fraction of sp³-hybridized carbons (Fsp3) is 0.692. The monoisotopic (exact) mass is 347 g/mol. The van der Waals surface area contributed by atoms with E-state index in [0.29, 0.717) is 36.5 Å². The normalized spacial score (nSPS) is 10.8. The molecule has 0 spiro atoms. The number of unbranched alkanes of at least 4 members (excludes halogenated alkanes) is 1. The molecule has 1 aromatic rings. The summed E-state index contributed by atoms with van der Waals surface area (Å²) in [5.41, 5.74) is 0.515. The van der Waals surface area contributed by atoms with Gasteiger partial charge in [0, 0.05) is 20.3 Å². The minimum Gasteiger partial charge on any atom is -0.383 e. The molecule has 0 saturated carbocycles. The van der Waals surface area contributed by atoms with E-state index in [1.54, 1.807) is 13.3 Å². The summed E-state index contributed by atoms with van der Waals surface area (Å²) in [6.07, 6.45) is 3.83. The maximum absolute atomic E-state index is 12.0. The molecule has 1 aromatic heterocycles. The molecule has 0 radical (unpaired) electrons. The zero-order valence-electron chi connectivity index (χ0n) is 12.0. The number of aromatic nitrogens is 2. The van der Waals surface area contributed by atoms with Crippen molar-refractivity contribution in [1.82, 2.24) is 9.78 Å². The molecule has 20 heavy (non-hydrogen) atoms. The Labute approximate surface area is 127 Å². The number of nitrogens with one attached hydrogen (secondary N) is 1. The van der Waals surface area contributed by atoms with Gasteiger partial charge in [-0.15, -0.1) is 0 Å². The number of methoxy groups -OCH3 is 1. The fourth-order valence-electron chi connectivity index (χ4n) is 1.53. The van der Waals surface area contributed by atoms with Crippen molar-refractivity contribution in [2.75, 3.05) is 38.8 Å². The van der Waals surface area contributed by atoms with Crippen molar-refractivity contribution in [2.24, 2.45) is 0 Å². The number of hydrogen-bond donors (Lipinski definition) is 1. The Morgan fingerprint density at radius 3 is 2.90 bits per heavy atom. The molecule has 6 nitrogen and oxygen atoms in total. The maximum Gasteiger partial charge on any atom is 0.283 e. The van der Waals surface area contributed by atoms with E-state index in [-0.39, 0.29) is 5.56 Å². The molecular formula is C13H22BrN3O3. The van der Waals surface area contributed by atoms with E-state index < -0.39 is 0 Å². The van der Waals surface area contributed by atoms with Crippen molar-refractivity contribution in [3.63, 3.8) is 0 Å². The third-order valence-corrected chi connectivity index (χ3v) is 3.46. The highest BCUT2D eigenvalue weighted by Gasteiger charge is 2.08. The molecule has 1 N–H and O–H groups in total. The average molecular weight is 348 g/mol. The van der Waals surface area contributed by atoms with E-state index in [2.05, 4.69) is 33.3 Å². The highest BCUT2D eigenvalue weighted by atomic mass is 79.9. The van der Waals surface area contributed by atoms with Gasteiger partial charge in [0.25, 0.3) is 5.56 Å². The van der Waals surface area contributed by atoms with E-state index >= 15 is 0 Å². The van der Waals surface area contributed by atoms with Crippen LogP contribution >= 0.6 is 15.9 Å². The number of rotatable bonds is 10. The minimum absolute atomic E-state index is 0.168. The van der Waals surface area contributed by atoms with Crippen molar-refractivity contribution in [1.29, 1.82) is 0 Å². The fourth-order valence-corrected chi connectivity index (χ4v) is 1.98. The van der Waals surface area contributed by atoms with E-state index in [1.165, 1.54) is 4.68 Å². The van der Waals surface area contributed by atoms with Gasteiger partial charge >= 0.3 is 0 Å². The van der Waals surface area contributed by atoms with Crippen LogP contribution in [0.25, 0.3) is 0 Å². The first-order valence-electron chi connectivity index (χ1n) is 6.76. The lowest BCUT2D eigenvalue weighted by Gasteiger charge is -2.10. The summed E-state index contributed by atoms with van der Waals surface area (Å²) in [5, 5.41) is 7.23. The molecule has 0 unspecified atom stereocenters. The summed E-state index contributed by atoms with van der Waals surface area (Å²) in [5.74, 6) is 0. The predicted octanol–water partition coefficient (Wildman–Crippen LogP) is 1.88. The lowest BCUT2D eigenvalue weighted by molar-refractivity contribution is 0.141. The molecule has 0 bridgehead atoms. The molecule has 0 saturated heterocycles. The highest BCUT2D eigenvalue weighted by molar-refractivity contribution is 9.10. The van der Waals surface area contributed by atoms with Crippen LogP contribution in [0, 0.1) is 0 Å². The Hall–Kier alpha value is -0.920. The van der Waals surface area contributed by atoms with Crippen LogP contribution in [0.5, 0.6) is 0 Å². The molecule has 0 aromatic carbocycles. The molecule has 114 valence electrons. The quantitative estimate of drug-likeness (QED) is 0.654. The molecule has 7 heteroatoms. The Kier molecular flexibility index (Phi) is 8.48. The number of nitrogens with zero attached hydrogens (tertiary/aromatic N) is 2. The molecule has 0 aliphatic carbocycles. The first kappa shape index (κ1) is 17.1. The van der Waals surface area contributed by atoms with Crippen LogP contribution in [0.4, 0.5) is 5.69 Å². The predicted molar refractivity (Wildman–Crippen MR) is 82.3 cm³/mol. The lowest BCUT2D eigenvalue weighted by Crippen LogP contribution is -2.26.